The highest BCUT2D eigenvalue weighted by molar-refractivity contribution is 6.32. The Bertz CT molecular complexity index is 962. The number of halogens is 1. The van der Waals surface area contributed by atoms with E-state index in [4.69, 9.17) is 21.1 Å². The average molecular weight is 404 g/mol. The Labute approximate surface area is 170 Å². The van der Waals surface area contributed by atoms with E-state index in [0.717, 1.165) is 5.56 Å². The first-order valence-corrected chi connectivity index (χ1v) is 9.93. The lowest BCUT2D eigenvalue weighted by atomic mass is 10.0. The number of Topliss-reactive ketones (excluding diaryl/α,β-unsaturated/α-hetero) is 1. The number of pyridine rings is 1. The molecule has 2 heterocycles. The summed E-state index contributed by atoms with van der Waals surface area (Å²) in [6, 6.07) is 5.04. The molecule has 0 amide bonds. The molecule has 1 aliphatic heterocycles. The first kappa shape index (κ1) is 20.5. The van der Waals surface area contributed by atoms with E-state index in [0.29, 0.717) is 41.3 Å². The van der Waals surface area contributed by atoms with Crippen LogP contribution in [0.3, 0.4) is 0 Å². The molecule has 28 heavy (non-hydrogen) atoms. The van der Waals surface area contributed by atoms with Crippen LogP contribution in [0.25, 0.3) is 11.3 Å². The lowest BCUT2D eigenvalue weighted by Gasteiger charge is -2.24. The highest BCUT2D eigenvalue weighted by atomic mass is 35.5. The summed E-state index contributed by atoms with van der Waals surface area (Å²) in [7, 11) is 0. The maximum absolute atomic E-state index is 12.5. The lowest BCUT2D eigenvalue weighted by molar-refractivity contribution is 0.101. The molecule has 6 heteroatoms. The standard InChI is InChI=1S/C22H26ClNO4/c1-12(2)10-27-22-8-21-15(6-17(22)23)18-7-20(26)16(14(5)25)9-24(18)19(11-28-21)13(3)4/h6-9,12-13,19H,10-11H2,1-5H3/t19-/m0/s1. The van der Waals surface area contributed by atoms with Gasteiger partial charge in [-0.25, -0.2) is 0 Å². The molecule has 0 aliphatic carbocycles. The van der Waals surface area contributed by atoms with Crippen LogP contribution in [0.15, 0.2) is 29.2 Å². The van der Waals surface area contributed by atoms with E-state index in [9.17, 15) is 9.59 Å². The van der Waals surface area contributed by atoms with Gasteiger partial charge in [-0.1, -0.05) is 39.3 Å². The number of carbonyl (C=O) groups excluding carboxylic acids is 1. The molecule has 3 rings (SSSR count). The summed E-state index contributed by atoms with van der Waals surface area (Å²) in [5.74, 6) is 1.54. The van der Waals surface area contributed by atoms with Gasteiger partial charge >= 0.3 is 0 Å². The van der Waals surface area contributed by atoms with Crippen molar-refractivity contribution in [3.8, 4) is 22.8 Å². The average Bonchev–Trinajstić information content (AvgIpc) is 2.75. The first-order chi connectivity index (χ1) is 13.2. The van der Waals surface area contributed by atoms with E-state index in [-0.39, 0.29) is 28.7 Å². The molecule has 0 radical (unpaired) electrons. The number of ketones is 1. The molecular weight excluding hydrogens is 378 g/mol. The molecule has 0 unspecified atom stereocenters. The van der Waals surface area contributed by atoms with Crippen LogP contribution in [-0.2, 0) is 0 Å². The van der Waals surface area contributed by atoms with Crippen molar-refractivity contribution < 1.29 is 14.3 Å². The van der Waals surface area contributed by atoms with Gasteiger partial charge in [-0.2, -0.15) is 0 Å². The van der Waals surface area contributed by atoms with Gasteiger partial charge < -0.3 is 14.0 Å². The van der Waals surface area contributed by atoms with E-state index in [1.54, 1.807) is 18.3 Å². The first-order valence-electron chi connectivity index (χ1n) is 9.55. The Balaban J connectivity index is 2.19. The maximum atomic E-state index is 12.5. The monoisotopic (exact) mass is 403 g/mol. The quantitative estimate of drug-likeness (QED) is 0.659. The van der Waals surface area contributed by atoms with E-state index in [2.05, 4.69) is 27.7 Å². The normalized spacial score (nSPS) is 15.6. The van der Waals surface area contributed by atoms with E-state index in [1.165, 1.54) is 13.0 Å². The molecule has 1 aromatic carbocycles. The van der Waals surface area contributed by atoms with Crippen molar-refractivity contribution in [3.63, 3.8) is 0 Å². The molecule has 1 aliphatic rings. The van der Waals surface area contributed by atoms with Crippen LogP contribution in [0.5, 0.6) is 11.5 Å². The highest BCUT2D eigenvalue weighted by Gasteiger charge is 2.27. The van der Waals surface area contributed by atoms with Gasteiger partial charge in [0, 0.05) is 23.9 Å². The molecule has 5 nitrogen and oxygen atoms in total. The molecule has 0 N–H and O–H groups in total. The molecule has 150 valence electrons. The number of rotatable bonds is 5. The number of hydrogen-bond acceptors (Lipinski definition) is 4. The van der Waals surface area contributed by atoms with Gasteiger partial charge in [0.05, 0.1) is 28.9 Å². The molecular formula is C22H26ClNO4. The van der Waals surface area contributed by atoms with Crippen LogP contribution in [-0.4, -0.2) is 23.6 Å². The van der Waals surface area contributed by atoms with Gasteiger partial charge in [0.15, 0.2) is 11.2 Å². The van der Waals surface area contributed by atoms with Crippen molar-refractivity contribution in [3.05, 3.63) is 45.2 Å². The summed E-state index contributed by atoms with van der Waals surface area (Å²) in [4.78, 5) is 24.4. The van der Waals surface area contributed by atoms with Crippen molar-refractivity contribution in [1.29, 1.82) is 0 Å². The summed E-state index contributed by atoms with van der Waals surface area (Å²) in [6.07, 6.45) is 1.65. The minimum absolute atomic E-state index is 0.0279. The van der Waals surface area contributed by atoms with Crippen molar-refractivity contribution in [1.82, 2.24) is 4.57 Å². The number of aromatic nitrogens is 1. The Morgan fingerprint density at radius 2 is 2.00 bits per heavy atom. The Morgan fingerprint density at radius 3 is 2.61 bits per heavy atom. The lowest BCUT2D eigenvalue weighted by Crippen LogP contribution is -2.25. The van der Waals surface area contributed by atoms with Crippen molar-refractivity contribution in [2.24, 2.45) is 11.8 Å². The van der Waals surface area contributed by atoms with Crippen LogP contribution in [0.4, 0.5) is 0 Å². The summed E-state index contributed by atoms with van der Waals surface area (Å²) < 4.78 is 13.9. The van der Waals surface area contributed by atoms with E-state index < -0.39 is 0 Å². The number of hydrogen-bond donors (Lipinski definition) is 0. The summed E-state index contributed by atoms with van der Waals surface area (Å²) in [5.41, 5.74) is 1.29. The van der Waals surface area contributed by atoms with Gasteiger partial charge in [0.2, 0.25) is 0 Å². The van der Waals surface area contributed by atoms with Crippen LogP contribution in [0, 0.1) is 11.8 Å². The number of benzene rings is 1. The third kappa shape index (κ3) is 3.95. The third-order valence-corrected chi connectivity index (χ3v) is 5.17. The molecule has 1 atom stereocenters. The zero-order chi connectivity index (χ0) is 20.6. The Kier molecular flexibility index (Phi) is 5.84. The SMILES string of the molecule is CC(=O)c1cn2c(cc1=O)-c1cc(Cl)c(OCC(C)C)cc1OC[C@H]2C(C)C. The van der Waals surface area contributed by atoms with Gasteiger partial charge in [-0.05, 0) is 24.8 Å². The van der Waals surface area contributed by atoms with Crippen LogP contribution in [0.2, 0.25) is 5.02 Å². The molecule has 2 aromatic rings. The summed E-state index contributed by atoms with van der Waals surface area (Å²) >= 11 is 6.46. The second-order valence-corrected chi connectivity index (χ2v) is 8.41. The number of fused-ring (bicyclic) bond motifs is 3. The Hall–Kier alpha value is -2.27. The van der Waals surface area contributed by atoms with Crippen LogP contribution >= 0.6 is 11.6 Å². The molecule has 0 spiro atoms. The fourth-order valence-corrected chi connectivity index (χ4v) is 3.51. The number of nitrogens with zero attached hydrogens (tertiary/aromatic N) is 1. The second kappa shape index (κ2) is 8.00. The largest absolute Gasteiger partial charge is 0.492 e. The van der Waals surface area contributed by atoms with Crippen LogP contribution in [0.1, 0.15) is 51.0 Å². The van der Waals surface area contributed by atoms with Gasteiger partial charge in [-0.3, -0.25) is 9.59 Å². The van der Waals surface area contributed by atoms with Crippen LogP contribution < -0.4 is 14.9 Å². The predicted molar refractivity (Wildman–Crippen MR) is 111 cm³/mol. The molecule has 0 bridgehead atoms. The Morgan fingerprint density at radius 1 is 1.29 bits per heavy atom. The van der Waals surface area contributed by atoms with Crippen molar-refractivity contribution in [2.45, 2.75) is 40.7 Å². The zero-order valence-electron chi connectivity index (χ0n) is 16.9. The fourth-order valence-electron chi connectivity index (χ4n) is 3.29. The number of carbonyl (C=O) groups is 1. The van der Waals surface area contributed by atoms with Crippen molar-refractivity contribution in [2.75, 3.05) is 13.2 Å². The smallest absolute Gasteiger partial charge is 0.192 e. The summed E-state index contributed by atoms with van der Waals surface area (Å²) in [5, 5.41) is 0.459. The highest BCUT2D eigenvalue weighted by Crippen LogP contribution is 2.42. The molecule has 1 aromatic heterocycles. The van der Waals surface area contributed by atoms with Gasteiger partial charge in [0.25, 0.3) is 0 Å². The maximum Gasteiger partial charge on any atom is 0.192 e. The third-order valence-electron chi connectivity index (χ3n) is 4.88. The summed E-state index contributed by atoms with van der Waals surface area (Å²) in [6.45, 7) is 10.7. The zero-order valence-corrected chi connectivity index (χ0v) is 17.7. The molecule has 0 saturated heterocycles. The van der Waals surface area contributed by atoms with Crippen molar-refractivity contribution >= 4 is 17.4 Å². The minimum atomic E-state index is -0.301. The van der Waals surface area contributed by atoms with E-state index in [1.807, 2.05) is 4.57 Å². The second-order valence-electron chi connectivity index (χ2n) is 8.01. The minimum Gasteiger partial charge on any atom is -0.492 e. The van der Waals surface area contributed by atoms with Gasteiger partial charge in [-0.15, -0.1) is 0 Å². The van der Waals surface area contributed by atoms with Gasteiger partial charge in [0.1, 0.15) is 18.1 Å². The molecule has 0 fully saturated rings. The molecule has 0 saturated carbocycles. The fraction of sp³-hybridized carbons (Fsp3) is 0.455. The predicted octanol–water partition coefficient (Wildman–Crippen LogP) is 5.00. The van der Waals surface area contributed by atoms with E-state index >= 15 is 0 Å². The number of ether oxygens (including phenoxy) is 2. The topological polar surface area (TPSA) is 57.5 Å².